The van der Waals surface area contributed by atoms with E-state index >= 15 is 0 Å². The Balaban J connectivity index is 1.87. The Labute approximate surface area is 164 Å². The average molecular weight is 404 g/mol. The number of hydrogen-bond donors (Lipinski definition) is 1. The highest BCUT2D eigenvalue weighted by atomic mass is 32.2. The van der Waals surface area contributed by atoms with Crippen LogP contribution in [0, 0.1) is 0 Å². The summed E-state index contributed by atoms with van der Waals surface area (Å²) in [4.78, 5) is 19.6. The Kier molecular flexibility index (Phi) is 4.70. The van der Waals surface area contributed by atoms with Crippen molar-refractivity contribution in [2.45, 2.75) is 37.0 Å². The van der Waals surface area contributed by atoms with Crippen molar-refractivity contribution in [1.29, 1.82) is 0 Å². The van der Waals surface area contributed by atoms with Crippen molar-refractivity contribution in [3.63, 3.8) is 0 Å². The van der Waals surface area contributed by atoms with Gasteiger partial charge in [-0.05, 0) is 32.3 Å². The van der Waals surface area contributed by atoms with E-state index in [4.69, 9.17) is 20.4 Å². The molecule has 10 heteroatoms. The van der Waals surface area contributed by atoms with Crippen LogP contribution in [0.2, 0.25) is 0 Å². The predicted octanol–water partition coefficient (Wildman–Crippen LogP) is 1.16. The van der Waals surface area contributed by atoms with Gasteiger partial charge in [-0.1, -0.05) is 0 Å². The molecule has 1 saturated heterocycles. The highest BCUT2D eigenvalue weighted by Gasteiger charge is 2.49. The lowest BCUT2D eigenvalue weighted by Gasteiger charge is -2.40. The lowest BCUT2D eigenvalue weighted by molar-refractivity contribution is 0.0980. The Bertz CT molecular complexity index is 975. The van der Waals surface area contributed by atoms with Crippen molar-refractivity contribution in [3.8, 4) is 11.3 Å². The molecule has 0 unspecified atom stereocenters. The number of anilines is 2. The third-order valence-electron chi connectivity index (χ3n) is 5.64. The van der Waals surface area contributed by atoms with E-state index in [1.165, 1.54) is 6.26 Å². The molecule has 0 radical (unpaired) electrons. The molecule has 1 saturated carbocycles. The number of sulfone groups is 1. The zero-order valence-corrected chi connectivity index (χ0v) is 16.8. The van der Waals surface area contributed by atoms with Gasteiger partial charge < -0.3 is 15.4 Å². The molecule has 1 atom stereocenters. The lowest BCUT2D eigenvalue weighted by atomic mass is 9.81. The molecule has 2 aliphatic rings. The van der Waals surface area contributed by atoms with Gasteiger partial charge in [0.05, 0.1) is 30.6 Å². The highest BCUT2D eigenvalue weighted by molar-refractivity contribution is 7.91. The fourth-order valence-electron chi connectivity index (χ4n) is 3.75. The van der Waals surface area contributed by atoms with Gasteiger partial charge in [0, 0.05) is 30.8 Å². The van der Waals surface area contributed by atoms with Crippen LogP contribution in [-0.4, -0.2) is 60.4 Å². The van der Waals surface area contributed by atoms with E-state index < -0.39 is 14.6 Å². The van der Waals surface area contributed by atoms with Gasteiger partial charge in [0.25, 0.3) is 0 Å². The van der Waals surface area contributed by atoms with Crippen molar-refractivity contribution in [3.05, 3.63) is 24.2 Å². The molecule has 1 aliphatic carbocycles. The van der Waals surface area contributed by atoms with E-state index in [9.17, 15) is 8.42 Å². The summed E-state index contributed by atoms with van der Waals surface area (Å²) in [5.74, 6) is 0.682. The summed E-state index contributed by atoms with van der Waals surface area (Å²) < 4.78 is 29.9. The van der Waals surface area contributed by atoms with Gasteiger partial charge in [-0.25, -0.2) is 28.4 Å². The topological polar surface area (TPSA) is 124 Å². The van der Waals surface area contributed by atoms with Crippen molar-refractivity contribution in [2.75, 3.05) is 36.6 Å². The predicted molar refractivity (Wildman–Crippen MR) is 105 cm³/mol. The van der Waals surface area contributed by atoms with E-state index in [2.05, 4.69) is 14.9 Å². The molecule has 0 amide bonds. The second-order valence-corrected chi connectivity index (χ2v) is 9.83. The van der Waals surface area contributed by atoms with E-state index in [-0.39, 0.29) is 12.0 Å². The van der Waals surface area contributed by atoms with Crippen molar-refractivity contribution in [1.82, 2.24) is 19.9 Å². The Morgan fingerprint density at radius 1 is 1.25 bits per heavy atom. The fraction of sp³-hybridized carbons (Fsp3) is 0.556. The molecule has 0 spiro atoms. The molecule has 4 rings (SSSR count). The molecule has 0 aromatic carbocycles. The average Bonchev–Trinajstić information content (AvgIpc) is 2.60. The van der Waals surface area contributed by atoms with Gasteiger partial charge in [0.1, 0.15) is 4.75 Å². The number of nitrogens with two attached hydrogens (primary N) is 1. The van der Waals surface area contributed by atoms with Crippen molar-refractivity contribution < 1.29 is 13.2 Å². The summed E-state index contributed by atoms with van der Waals surface area (Å²) in [5.41, 5.74) is 7.40. The van der Waals surface area contributed by atoms with Crippen LogP contribution in [0.4, 0.5) is 11.9 Å². The first-order valence-corrected chi connectivity index (χ1v) is 11.2. The molecule has 1 aliphatic heterocycles. The number of hydrogen-bond acceptors (Lipinski definition) is 9. The Morgan fingerprint density at radius 2 is 1.96 bits per heavy atom. The number of nitrogen functional groups attached to an aromatic ring is 1. The minimum absolute atomic E-state index is 0.0927. The van der Waals surface area contributed by atoms with E-state index in [1.807, 2.05) is 6.92 Å². The Morgan fingerprint density at radius 3 is 2.54 bits per heavy atom. The van der Waals surface area contributed by atoms with Crippen molar-refractivity contribution in [2.24, 2.45) is 0 Å². The molecule has 9 nitrogen and oxygen atoms in total. The number of rotatable bonds is 4. The van der Waals surface area contributed by atoms with Gasteiger partial charge in [-0.3, -0.25) is 0 Å². The largest absolute Gasteiger partial charge is 0.377 e. The molecular weight excluding hydrogens is 380 g/mol. The van der Waals surface area contributed by atoms with Crippen LogP contribution >= 0.6 is 0 Å². The second kappa shape index (κ2) is 6.93. The monoisotopic (exact) mass is 404 g/mol. The molecule has 150 valence electrons. The molecule has 2 fully saturated rings. The maximum Gasteiger partial charge on any atom is 0.226 e. The lowest BCUT2D eigenvalue weighted by Crippen LogP contribution is -2.46. The van der Waals surface area contributed by atoms with Gasteiger partial charge in [-0.15, -0.1) is 0 Å². The van der Waals surface area contributed by atoms with Gasteiger partial charge in [0.15, 0.2) is 9.84 Å². The molecule has 2 N–H and O–H groups in total. The fourth-order valence-corrected chi connectivity index (χ4v) is 5.27. The maximum absolute atomic E-state index is 12.6. The van der Waals surface area contributed by atoms with E-state index in [1.54, 1.807) is 18.5 Å². The van der Waals surface area contributed by atoms with Gasteiger partial charge >= 0.3 is 0 Å². The summed E-state index contributed by atoms with van der Waals surface area (Å²) in [5, 5.41) is 0. The number of morpholine rings is 1. The third-order valence-corrected chi connectivity index (χ3v) is 7.68. The summed E-state index contributed by atoms with van der Waals surface area (Å²) in [7, 11) is -3.33. The summed E-state index contributed by atoms with van der Waals surface area (Å²) in [6.07, 6.45) is 6.47. The molecule has 3 heterocycles. The van der Waals surface area contributed by atoms with Crippen LogP contribution in [0.15, 0.2) is 18.5 Å². The van der Waals surface area contributed by atoms with Crippen LogP contribution in [-0.2, 0) is 19.3 Å². The quantitative estimate of drug-likeness (QED) is 0.799. The summed E-state index contributed by atoms with van der Waals surface area (Å²) in [6.45, 7) is 3.84. The molecular formula is C18H24N6O3S. The number of ether oxygens (including phenoxy) is 1. The summed E-state index contributed by atoms with van der Waals surface area (Å²) >= 11 is 0. The smallest absolute Gasteiger partial charge is 0.226 e. The first-order valence-electron chi connectivity index (χ1n) is 9.32. The van der Waals surface area contributed by atoms with Crippen LogP contribution in [0.1, 0.15) is 31.9 Å². The molecule has 28 heavy (non-hydrogen) atoms. The first kappa shape index (κ1) is 19.0. The van der Waals surface area contributed by atoms with Crippen LogP contribution in [0.25, 0.3) is 11.3 Å². The minimum atomic E-state index is -3.33. The minimum Gasteiger partial charge on any atom is -0.377 e. The molecule has 0 bridgehead atoms. The SMILES string of the molecule is C[C@H]1COCCN1c1nc(-c2cnc(N)nc2)cc(C2(S(C)(=O)=O)CCC2)n1. The number of nitrogens with zero attached hydrogens (tertiary/aromatic N) is 5. The van der Waals surface area contributed by atoms with Crippen LogP contribution in [0.3, 0.4) is 0 Å². The zero-order chi connectivity index (χ0) is 19.9. The second-order valence-electron chi connectivity index (χ2n) is 7.51. The van der Waals surface area contributed by atoms with Crippen LogP contribution < -0.4 is 10.6 Å². The highest BCUT2D eigenvalue weighted by Crippen LogP contribution is 2.48. The van der Waals surface area contributed by atoms with Gasteiger partial charge in [-0.2, -0.15) is 0 Å². The molecule has 2 aromatic heterocycles. The standard InChI is InChI=1S/C18H24N6O3S/c1-12-11-27-7-6-24(12)17-22-14(13-9-20-16(19)21-10-13)8-15(23-17)18(4-3-5-18)28(2,25)26/h8-10,12H,3-7,11H2,1-2H3,(H2,19,20,21)/t12-/m0/s1. The van der Waals surface area contributed by atoms with E-state index in [0.29, 0.717) is 55.5 Å². The maximum atomic E-state index is 12.6. The first-order chi connectivity index (χ1) is 13.3. The summed E-state index contributed by atoms with van der Waals surface area (Å²) in [6, 6.07) is 1.85. The molecule has 2 aromatic rings. The van der Waals surface area contributed by atoms with Gasteiger partial charge in [0.2, 0.25) is 11.9 Å². The third kappa shape index (κ3) is 3.20. The van der Waals surface area contributed by atoms with Crippen molar-refractivity contribution >= 4 is 21.7 Å². The normalized spacial score (nSPS) is 21.9. The number of aromatic nitrogens is 4. The Hall–Kier alpha value is -2.33. The van der Waals surface area contributed by atoms with E-state index in [0.717, 1.165) is 6.42 Å². The van der Waals surface area contributed by atoms with Crippen LogP contribution in [0.5, 0.6) is 0 Å². The zero-order valence-electron chi connectivity index (χ0n) is 16.0.